The van der Waals surface area contributed by atoms with Gasteiger partial charge in [-0.3, -0.25) is 0 Å². The van der Waals surface area contributed by atoms with Crippen LogP contribution in [0.2, 0.25) is 0 Å². The molecule has 2 aromatic rings. The van der Waals surface area contributed by atoms with E-state index < -0.39 is 0 Å². The van der Waals surface area contributed by atoms with Crippen LogP contribution in [0, 0.1) is 0 Å². The summed E-state index contributed by atoms with van der Waals surface area (Å²) in [5, 5.41) is 12.3. The van der Waals surface area contributed by atoms with Gasteiger partial charge in [0.25, 0.3) is 0 Å². The third-order valence-electron chi connectivity index (χ3n) is 3.05. The molecule has 0 atom stereocenters. The van der Waals surface area contributed by atoms with Gasteiger partial charge >= 0.3 is 0 Å². The van der Waals surface area contributed by atoms with E-state index in [1.54, 1.807) is 7.11 Å². The first kappa shape index (κ1) is 18.2. The van der Waals surface area contributed by atoms with Gasteiger partial charge in [0.05, 0.1) is 20.3 Å². The smallest absolute Gasteiger partial charge is 0.193 e. The minimum atomic E-state index is -0.00505. The predicted octanol–water partition coefficient (Wildman–Crippen LogP) is 2.73. The molecule has 0 aromatic heterocycles. The SMILES string of the molecule is COc1cccc(NC(N)=NCc2ccccc2CO)c1.I. The number of hydrogen-bond donors (Lipinski definition) is 3. The topological polar surface area (TPSA) is 79.9 Å². The van der Waals surface area contributed by atoms with Crippen molar-refractivity contribution in [3.63, 3.8) is 0 Å². The van der Waals surface area contributed by atoms with Gasteiger partial charge < -0.3 is 20.9 Å². The normalized spacial score (nSPS) is 10.7. The summed E-state index contributed by atoms with van der Waals surface area (Å²) in [6.07, 6.45) is 0. The van der Waals surface area contributed by atoms with Gasteiger partial charge in [0.15, 0.2) is 5.96 Å². The summed E-state index contributed by atoms with van der Waals surface area (Å²) in [5.74, 6) is 1.06. The molecule has 0 unspecified atom stereocenters. The number of methoxy groups -OCH3 is 1. The Hall–Kier alpha value is -1.80. The van der Waals surface area contributed by atoms with E-state index in [1.165, 1.54) is 0 Å². The van der Waals surface area contributed by atoms with Crippen LogP contribution in [0.15, 0.2) is 53.5 Å². The molecule has 0 fully saturated rings. The van der Waals surface area contributed by atoms with Crippen LogP contribution in [0.25, 0.3) is 0 Å². The molecular weight excluding hydrogens is 393 g/mol. The Bertz CT molecular complexity index is 632. The number of aliphatic hydroxyl groups excluding tert-OH is 1. The molecule has 0 saturated carbocycles. The van der Waals surface area contributed by atoms with Crippen LogP contribution in [0.5, 0.6) is 5.75 Å². The summed E-state index contributed by atoms with van der Waals surface area (Å²) in [5.41, 5.74) is 8.49. The fraction of sp³-hybridized carbons (Fsp3) is 0.188. The Morgan fingerprint density at radius 3 is 2.59 bits per heavy atom. The number of aliphatic hydroxyl groups is 1. The molecule has 2 aromatic carbocycles. The molecule has 6 heteroatoms. The Morgan fingerprint density at radius 1 is 1.18 bits per heavy atom. The molecule has 2 rings (SSSR count). The Balaban J connectivity index is 0.00000242. The van der Waals surface area contributed by atoms with Crippen molar-refractivity contribution < 1.29 is 9.84 Å². The molecule has 0 spiro atoms. The lowest BCUT2D eigenvalue weighted by molar-refractivity contribution is 0.280. The molecule has 0 radical (unpaired) electrons. The molecule has 118 valence electrons. The number of hydrogen-bond acceptors (Lipinski definition) is 3. The highest BCUT2D eigenvalue weighted by molar-refractivity contribution is 14.0. The summed E-state index contributed by atoms with van der Waals surface area (Å²) in [6.45, 7) is 0.411. The number of nitrogens with two attached hydrogens (primary N) is 1. The zero-order valence-corrected chi connectivity index (χ0v) is 14.7. The summed E-state index contributed by atoms with van der Waals surface area (Å²) >= 11 is 0. The summed E-state index contributed by atoms with van der Waals surface area (Å²) in [6, 6.07) is 15.0. The van der Waals surface area contributed by atoms with E-state index in [0.717, 1.165) is 22.6 Å². The lowest BCUT2D eigenvalue weighted by atomic mass is 10.1. The summed E-state index contributed by atoms with van der Waals surface area (Å²) < 4.78 is 5.15. The fourth-order valence-corrected chi connectivity index (χ4v) is 1.92. The predicted molar refractivity (Wildman–Crippen MR) is 99.7 cm³/mol. The molecule has 0 saturated heterocycles. The highest BCUT2D eigenvalue weighted by Crippen LogP contribution is 2.16. The number of nitrogens with one attached hydrogen (secondary N) is 1. The van der Waals surface area contributed by atoms with Crippen LogP contribution in [0.3, 0.4) is 0 Å². The number of aliphatic imine (C=N–C) groups is 1. The van der Waals surface area contributed by atoms with Crippen molar-refractivity contribution in [3.05, 3.63) is 59.7 Å². The van der Waals surface area contributed by atoms with E-state index in [-0.39, 0.29) is 30.6 Å². The Morgan fingerprint density at radius 2 is 1.91 bits per heavy atom. The first-order valence-corrected chi connectivity index (χ1v) is 6.61. The van der Waals surface area contributed by atoms with E-state index in [2.05, 4.69) is 10.3 Å². The van der Waals surface area contributed by atoms with Crippen molar-refractivity contribution in [1.82, 2.24) is 0 Å². The van der Waals surface area contributed by atoms with Gasteiger partial charge in [-0.2, -0.15) is 0 Å². The molecule has 0 heterocycles. The monoisotopic (exact) mass is 413 g/mol. The average molecular weight is 413 g/mol. The molecule has 5 nitrogen and oxygen atoms in total. The van der Waals surface area contributed by atoms with E-state index >= 15 is 0 Å². The van der Waals surface area contributed by atoms with Crippen molar-refractivity contribution in [2.45, 2.75) is 13.2 Å². The minimum absolute atomic E-state index is 0. The van der Waals surface area contributed by atoms with E-state index in [9.17, 15) is 5.11 Å². The number of guanidine groups is 1. The number of anilines is 1. The summed E-state index contributed by atoms with van der Waals surface area (Å²) in [7, 11) is 1.61. The Labute approximate surface area is 147 Å². The zero-order valence-electron chi connectivity index (χ0n) is 12.3. The maximum Gasteiger partial charge on any atom is 0.193 e. The van der Waals surface area contributed by atoms with Crippen molar-refractivity contribution in [2.75, 3.05) is 12.4 Å². The fourth-order valence-electron chi connectivity index (χ4n) is 1.92. The lowest BCUT2D eigenvalue weighted by Crippen LogP contribution is -2.22. The van der Waals surface area contributed by atoms with Gasteiger partial charge in [0, 0.05) is 11.8 Å². The molecule has 22 heavy (non-hydrogen) atoms. The van der Waals surface area contributed by atoms with Crippen LogP contribution in [0.1, 0.15) is 11.1 Å². The first-order chi connectivity index (χ1) is 10.2. The van der Waals surface area contributed by atoms with Crippen molar-refractivity contribution >= 4 is 35.6 Å². The third kappa shape index (κ3) is 5.19. The van der Waals surface area contributed by atoms with Gasteiger partial charge in [-0.05, 0) is 23.3 Å². The summed E-state index contributed by atoms with van der Waals surface area (Å²) in [4.78, 5) is 4.29. The second-order valence-electron chi connectivity index (χ2n) is 4.49. The molecule has 0 aliphatic heterocycles. The number of nitrogens with zero attached hydrogens (tertiary/aromatic N) is 1. The van der Waals surface area contributed by atoms with E-state index in [1.807, 2.05) is 48.5 Å². The van der Waals surface area contributed by atoms with Gasteiger partial charge in [-0.25, -0.2) is 4.99 Å². The molecule has 4 N–H and O–H groups in total. The standard InChI is InChI=1S/C16H19N3O2.HI/c1-21-15-8-4-7-14(9-15)19-16(17)18-10-12-5-2-3-6-13(12)11-20;/h2-9,20H,10-11H2,1H3,(H3,17,18,19);1H. The number of benzene rings is 2. The number of rotatable bonds is 5. The zero-order chi connectivity index (χ0) is 15.1. The molecule has 0 amide bonds. The van der Waals surface area contributed by atoms with Gasteiger partial charge in [-0.15, -0.1) is 24.0 Å². The second kappa shape index (κ2) is 9.26. The van der Waals surface area contributed by atoms with Crippen LogP contribution in [0.4, 0.5) is 5.69 Å². The van der Waals surface area contributed by atoms with Crippen molar-refractivity contribution in [1.29, 1.82) is 0 Å². The quantitative estimate of drug-likeness (QED) is 0.400. The maximum atomic E-state index is 9.27. The molecule has 0 aliphatic rings. The van der Waals surface area contributed by atoms with Gasteiger partial charge in [0.1, 0.15) is 5.75 Å². The van der Waals surface area contributed by atoms with Crippen LogP contribution in [-0.4, -0.2) is 18.2 Å². The minimum Gasteiger partial charge on any atom is -0.497 e. The van der Waals surface area contributed by atoms with E-state index in [4.69, 9.17) is 10.5 Å². The third-order valence-corrected chi connectivity index (χ3v) is 3.05. The maximum absolute atomic E-state index is 9.27. The lowest BCUT2D eigenvalue weighted by Gasteiger charge is -2.08. The highest BCUT2D eigenvalue weighted by Gasteiger charge is 2.01. The molecule has 0 bridgehead atoms. The Kier molecular flexibility index (Phi) is 7.69. The van der Waals surface area contributed by atoms with Gasteiger partial charge in [-0.1, -0.05) is 30.3 Å². The van der Waals surface area contributed by atoms with Gasteiger partial charge in [0.2, 0.25) is 0 Å². The average Bonchev–Trinajstić information content (AvgIpc) is 2.53. The number of halogens is 1. The van der Waals surface area contributed by atoms with Crippen molar-refractivity contribution in [3.8, 4) is 5.75 Å². The highest BCUT2D eigenvalue weighted by atomic mass is 127. The largest absolute Gasteiger partial charge is 0.497 e. The van der Waals surface area contributed by atoms with Crippen molar-refractivity contribution in [2.24, 2.45) is 10.7 Å². The first-order valence-electron chi connectivity index (χ1n) is 6.61. The van der Waals surface area contributed by atoms with E-state index in [0.29, 0.717) is 12.5 Å². The molecular formula is C16H20IN3O2. The van der Waals surface area contributed by atoms with Crippen LogP contribution in [-0.2, 0) is 13.2 Å². The van der Waals surface area contributed by atoms with Crippen LogP contribution >= 0.6 is 24.0 Å². The number of ether oxygens (including phenoxy) is 1. The van der Waals surface area contributed by atoms with Crippen LogP contribution < -0.4 is 15.8 Å². The second-order valence-corrected chi connectivity index (χ2v) is 4.49. The molecule has 0 aliphatic carbocycles.